The molecule has 0 saturated heterocycles. The summed E-state index contributed by atoms with van der Waals surface area (Å²) in [5.41, 5.74) is 2.37. The highest BCUT2D eigenvalue weighted by Crippen LogP contribution is 2.20. The van der Waals surface area contributed by atoms with Crippen molar-refractivity contribution in [1.29, 1.82) is 0 Å². The van der Waals surface area contributed by atoms with Crippen LogP contribution in [0.2, 0.25) is 0 Å². The lowest BCUT2D eigenvalue weighted by Crippen LogP contribution is -2.35. The van der Waals surface area contributed by atoms with Gasteiger partial charge < -0.3 is 10.1 Å². The molecule has 2 atom stereocenters. The second-order valence-electron chi connectivity index (χ2n) is 5.72. The molecule has 0 aliphatic heterocycles. The van der Waals surface area contributed by atoms with E-state index < -0.39 is 0 Å². The number of aromatic nitrogens is 2. The first-order chi connectivity index (χ1) is 10.2. The highest BCUT2D eigenvalue weighted by molar-refractivity contribution is 5.81. The van der Waals surface area contributed by atoms with Gasteiger partial charge in [-0.1, -0.05) is 25.1 Å². The molecule has 2 aromatic rings. The molecule has 2 rings (SSSR count). The molecule has 4 nitrogen and oxygen atoms in total. The molecule has 21 heavy (non-hydrogen) atoms. The number of fused-ring (bicyclic) bond motifs is 1. The van der Waals surface area contributed by atoms with Crippen LogP contribution in [0.15, 0.2) is 24.3 Å². The quantitative estimate of drug-likeness (QED) is 0.812. The average Bonchev–Trinajstić information content (AvgIpc) is 2.81. The molecule has 0 aliphatic rings. The van der Waals surface area contributed by atoms with Crippen molar-refractivity contribution in [2.45, 2.75) is 45.3 Å². The van der Waals surface area contributed by atoms with Crippen molar-refractivity contribution < 1.29 is 4.74 Å². The smallest absolute Gasteiger partial charge is 0.0718 e. The van der Waals surface area contributed by atoms with Gasteiger partial charge in [0.15, 0.2) is 0 Å². The highest BCUT2D eigenvalue weighted by Gasteiger charge is 2.17. The third kappa shape index (κ3) is 4.05. The van der Waals surface area contributed by atoms with Gasteiger partial charge in [0.25, 0.3) is 0 Å². The molecule has 0 amide bonds. The lowest BCUT2D eigenvalue weighted by Gasteiger charge is -2.21. The van der Waals surface area contributed by atoms with Crippen molar-refractivity contribution in [2.75, 3.05) is 13.7 Å². The maximum absolute atomic E-state index is 5.43. The van der Waals surface area contributed by atoms with Crippen LogP contribution in [0.25, 0.3) is 10.9 Å². The molecule has 1 aromatic heterocycles. The minimum Gasteiger partial charge on any atom is -0.382 e. The van der Waals surface area contributed by atoms with Crippen LogP contribution in [0, 0.1) is 0 Å². The summed E-state index contributed by atoms with van der Waals surface area (Å²) in [6.07, 6.45) is 3.34. The fraction of sp³-hybridized carbons (Fsp3) is 0.588. The monoisotopic (exact) mass is 289 g/mol. The Bertz CT molecular complexity index is 564. The van der Waals surface area contributed by atoms with E-state index >= 15 is 0 Å². The van der Waals surface area contributed by atoms with Crippen LogP contribution >= 0.6 is 0 Å². The molecular weight excluding hydrogens is 262 g/mol. The number of methoxy groups -OCH3 is 1. The van der Waals surface area contributed by atoms with Gasteiger partial charge >= 0.3 is 0 Å². The van der Waals surface area contributed by atoms with Crippen LogP contribution in [0.3, 0.4) is 0 Å². The Balaban J connectivity index is 2.17. The first-order valence-corrected chi connectivity index (χ1v) is 7.82. The number of benzene rings is 1. The van der Waals surface area contributed by atoms with Gasteiger partial charge in [0.1, 0.15) is 0 Å². The molecule has 1 heterocycles. The van der Waals surface area contributed by atoms with Gasteiger partial charge in [-0.15, -0.1) is 0 Å². The number of ether oxygens (including phenoxy) is 1. The number of rotatable bonds is 8. The lowest BCUT2D eigenvalue weighted by atomic mass is 10.0. The number of nitrogens with one attached hydrogen (secondary N) is 1. The van der Waals surface area contributed by atoms with E-state index in [0.717, 1.165) is 25.8 Å². The van der Waals surface area contributed by atoms with Crippen molar-refractivity contribution in [2.24, 2.45) is 7.05 Å². The second-order valence-corrected chi connectivity index (χ2v) is 5.72. The summed E-state index contributed by atoms with van der Waals surface area (Å²) < 4.78 is 7.40. The summed E-state index contributed by atoms with van der Waals surface area (Å²) in [5.74, 6) is 0. The number of hydrogen-bond donors (Lipinski definition) is 1. The van der Waals surface area contributed by atoms with E-state index in [0.29, 0.717) is 6.04 Å². The molecule has 1 aromatic carbocycles. The summed E-state index contributed by atoms with van der Waals surface area (Å²) >= 11 is 0. The van der Waals surface area contributed by atoms with Gasteiger partial charge in [0.2, 0.25) is 0 Å². The third-order valence-electron chi connectivity index (χ3n) is 3.98. The highest BCUT2D eigenvalue weighted by atomic mass is 16.5. The second kappa shape index (κ2) is 7.57. The molecular formula is C17H27N3O. The fourth-order valence-corrected chi connectivity index (χ4v) is 2.76. The van der Waals surface area contributed by atoms with Crippen molar-refractivity contribution in [3.8, 4) is 0 Å². The van der Waals surface area contributed by atoms with E-state index in [2.05, 4.69) is 43.4 Å². The molecule has 2 unspecified atom stereocenters. The van der Waals surface area contributed by atoms with E-state index in [-0.39, 0.29) is 6.10 Å². The van der Waals surface area contributed by atoms with Gasteiger partial charge in [-0.2, -0.15) is 5.10 Å². The first kappa shape index (κ1) is 16.0. The zero-order chi connectivity index (χ0) is 15.2. The van der Waals surface area contributed by atoms with Crippen LogP contribution in [0.1, 0.15) is 32.4 Å². The number of hydrogen-bond acceptors (Lipinski definition) is 3. The molecule has 0 fully saturated rings. The van der Waals surface area contributed by atoms with Crippen LogP contribution in [-0.2, 0) is 18.2 Å². The van der Waals surface area contributed by atoms with Gasteiger partial charge in [-0.3, -0.25) is 4.68 Å². The predicted molar refractivity (Wildman–Crippen MR) is 87.6 cm³/mol. The lowest BCUT2D eigenvalue weighted by molar-refractivity contribution is 0.100. The van der Waals surface area contributed by atoms with E-state index in [4.69, 9.17) is 9.84 Å². The van der Waals surface area contributed by atoms with Crippen LogP contribution < -0.4 is 5.32 Å². The predicted octanol–water partition coefficient (Wildman–Crippen LogP) is 2.91. The normalized spacial score (nSPS) is 14.5. The Morgan fingerprint density at radius 1 is 1.33 bits per heavy atom. The van der Waals surface area contributed by atoms with Gasteiger partial charge in [-0.25, -0.2) is 0 Å². The van der Waals surface area contributed by atoms with E-state index in [1.807, 2.05) is 11.7 Å². The number of para-hydroxylation sites is 1. The van der Waals surface area contributed by atoms with E-state index in [9.17, 15) is 0 Å². The zero-order valence-electron chi connectivity index (χ0n) is 13.6. The first-order valence-electron chi connectivity index (χ1n) is 7.82. The molecule has 0 radical (unpaired) electrons. The Morgan fingerprint density at radius 3 is 2.81 bits per heavy atom. The van der Waals surface area contributed by atoms with E-state index in [1.165, 1.54) is 16.6 Å². The minimum atomic E-state index is 0.259. The largest absolute Gasteiger partial charge is 0.382 e. The topological polar surface area (TPSA) is 39.1 Å². The summed E-state index contributed by atoms with van der Waals surface area (Å²) in [5, 5.41) is 9.59. The summed E-state index contributed by atoms with van der Waals surface area (Å²) in [6.45, 7) is 5.35. The zero-order valence-corrected chi connectivity index (χ0v) is 13.6. The van der Waals surface area contributed by atoms with Crippen molar-refractivity contribution in [1.82, 2.24) is 15.1 Å². The Labute approximate surface area is 127 Å². The maximum atomic E-state index is 5.43. The summed E-state index contributed by atoms with van der Waals surface area (Å²) in [4.78, 5) is 0. The van der Waals surface area contributed by atoms with Crippen LogP contribution in [0.5, 0.6) is 0 Å². The Kier molecular flexibility index (Phi) is 5.76. The molecule has 0 spiro atoms. The average molecular weight is 289 g/mol. The fourth-order valence-electron chi connectivity index (χ4n) is 2.76. The standard InChI is InChI=1S/C17H27N3O/c1-5-10-18-14(11-13(2)21-4)12-16-15-8-6-7-9-17(15)20(3)19-16/h6-9,13-14,18H,5,10-12H2,1-4H3. The number of nitrogens with zero attached hydrogens (tertiary/aromatic N) is 2. The van der Waals surface area contributed by atoms with Crippen LogP contribution in [-0.4, -0.2) is 35.6 Å². The SMILES string of the molecule is CCCNC(Cc1nn(C)c2ccccc12)CC(C)OC. The minimum absolute atomic E-state index is 0.259. The van der Waals surface area contributed by atoms with Crippen molar-refractivity contribution >= 4 is 10.9 Å². The summed E-state index contributed by atoms with van der Waals surface area (Å²) in [7, 11) is 3.79. The molecule has 0 saturated carbocycles. The molecule has 0 bridgehead atoms. The van der Waals surface area contributed by atoms with Gasteiger partial charge in [0.05, 0.1) is 17.3 Å². The summed E-state index contributed by atoms with van der Waals surface area (Å²) in [6, 6.07) is 8.83. The Hall–Kier alpha value is -1.39. The molecule has 116 valence electrons. The number of aryl methyl sites for hydroxylation is 1. The van der Waals surface area contributed by atoms with Gasteiger partial charge in [0, 0.05) is 32.0 Å². The van der Waals surface area contributed by atoms with Crippen molar-refractivity contribution in [3.05, 3.63) is 30.0 Å². The van der Waals surface area contributed by atoms with E-state index in [1.54, 1.807) is 7.11 Å². The van der Waals surface area contributed by atoms with Gasteiger partial charge in [-0.05, 0) is 32.4 Å². The third-order valence-corrected chi connectivity index (χ3v) is 3.98. The van der Waals surface area contributed by atoms with Crippen molar-refractivity contribution in [3.63, 3.8) is 0 Å². The Morgan fingerprint density at radius 2 is 2.10 bits per heavy atom. The van der Waals surface area contributed by atoms with Crippen LogP contribution in [0.4, 0.5) is 0 Å². The molecule has 4 heteroatoms. The molecule has 0 aliphatic carbocycles. The molecule has 1 N–H and O–H groups in total. The maximum Gasteiger partial charge on any atom is 0.0718 e.